The largest absolute Gasteiger partial charge is 0.479 e. The Kier molecular flexibility index (Phi) is 4.41. The molecule has 0 amide bonds. The Labute approximate surface area is 134 Å². The molecule has 3 rings (SSSR count). The number of hydrogen-bond donors (Lipinski definition) is 1. The molecule has 2 aliphatic rings. The average molecular weight is 341 g/mol. The van der Waals surface area contributed by atoms with E-state index in [0.29, 0.717) is 13.2 Å². The van der Waals surface area contributed by atoms with Gasteiger partial charge in [0.15, 0.2) is 6.10 Å². The molecule has 0 saturated carbocycles. The minimum absolute atomic E-state index is 0.153. The van der Waals surface area contributed by atoms with Crippen LogP contribution in [0.3, 0.4) is 0 Å². The molecule has 0 spiro atoms. The van der Waals surface area contributed by atoms with Crippen LogP contribution in [0.15, 0.2) is 23.1 Å². The quantitative estimate of drug-likeness (QED) is 0.837. The molecule has 2 heterocycles. The Hall–Kier alpha value is -1.48. The lowest BCUT2D eigenvalue weighted by molar-refractivity contribution is -0.154. The van der Waals surface area contributed by atoms with Crippen LogP contribution in [0.25, 0.3) is 0 Å². The molecule has 0 bridgehead atoms. The van der Waals surface area contributed by atoms with E-state index in [0.717, 1.165) is 17.5 Å². The fourth-order valence-electron chi connectivity index (χ4n) is 3.01. The Balaban J connectivity index is 1.75. The lowest BCUT2D eigenvalue weighted by Gasteiger charge is -2.40. The van der Waals surface area contributed by atoms with E-state index >= 15 is 0 Å². The lowest BCUT2D eigenvalue weighted by Crippen LogP contribution is -2.56. The first-order valence-corrected chi connectivity index (χ1v) is 8.83. The number of hydrogen-bond acceptors (Lipinski definition) is 5. The van der Waals surface area contributed by atoms with E-state index < -0.39 is 22.1 Å². The van der Waals surface area contributed by atoms with Crippen molar-refractivity contribution in [2.45, 2.75) is 24.0 Å². The van der Waals surface area contributed by atoms with Gasteiger partial charge in [0.05, 0.1) is 18.1 Å². The van der Waals surface area contributed by atoms with Crippen LogP contribution in [0.1, 0.15) is 11.1 Å². The smallest absolute Gasteiger partial charge is 0.333 e. The Morgan fingerprint density at radius 2 is 2.13 bits per heavy atom. The van der Waals surface area contributed by atoms with Gasteiger partial charge >= 0.3 is 5.97 Å². The summed E-state index contributed by atoms with van der Waals surface area (Å²) in [4.78, 5) is 11.3. The summed E-state index contributed by atoms with van der Waals surface area (Å²) in [5.74, 6) is -1.39. The van der Waals surface area contributed by atoms with Crippen molar-refractivity contribution in [3.8, 4) is 0 Å². The standard InChI is InChI=1S/C15H19NO6S/c1-21-14(15(17)18)12-7-16(8-12)23(19,20)13-3-2-10-4-5-22-9-11(10)6-13/h2-3,6,12,14H,4-5,7-9H2,1H3,(H,17,18). The number of carboxylic acid groups (broad SMARTS) is 1. The zero-order valence-corrected chi connectivity index (χ0v) is 13.6. The monoisotopic (exact) mass is 341 g/mol. The summed E-state index contributed by atoms with van der Waals surface area (Å²) in [6, 6.07) is 5.09. The van der Waals surface area contributed by atoms with Crippen molar-refractivity contribution in [1.82, 2.24) is 4.31 Å². The molecular formula is C15H19NO6S. The van der Waals surface area contributed by atoms with Crippen LogP contribution in [0, 0.1) is 5.92 Å². The normalized spacial score (nSPS) is 20.6. The molecule has 1 N–H and O–H groups in total. The highest BCUT2D eigenvalue weighted by Gasteiger charge is 2.43. The second-order valence-electron chi connectivity index (χ2n) is 5.81. The Bertz CT molecular complexity index is 711. The highest BCUT2D eigenvalue weighted by Crippen LogP contribution is 2.30. The van der Waals surface area contributed by atoms with Crippen molar-refractivity contribution in [2.24, 2.45) is 5.92 Å². The van der Waals surface area contributed by atoms with Crippen molar-refractivity contribution in [3.63, 3.8) is 0 Å². The van der Waals surface area contributed by atoms with Gasteiger partial charge in [-0.15, -0.1) is 0 Å². The van der Waals surface area contributed by atoms with Crippen LogP contribution < -0.4 is 0 Å². The van der Waals surface area contributed by atoms with Gasteiger partial charge in [0.1, 0.15) is 0 Å². The van der Waals surface area contributed by atoms with E-state index in [9.17, 15) is 13.2 Å². The molecule has 0 radical (unpaired) electrons. The predicted molar refractivity (Wildman–Crippen MR) is 80.5 cm³/mol. The molecule has 0 aliphatic carbocycles. The van der Waals surface area contributed by atoms with Crippen molar-refractivity contribution < 1.29 is 27.8 Å². The van der Waals surface area contributed by atoms with Gasteiger partial charge in [-0.05, 0) is 29.7 Å². The first-order chi connectivity index (χ1) is 10.9. The molecule has 23 heavy (non-hydrogen) atoms. The summed E-state index contributed by atoms with van der Waals surface area (Å²) >= 11 is 0. The molecule has 1 unspecified atom stereocenters. The summed E-state index contributed by atoms with van der Waals surface area (Å²) in [5, 5.41) is 9.04. The van der Waals surface area contributed by atoms with Crippen molar-refractivity contribution in [1.29, 1.82) is 0 Å². The topological polar surface area (TPSA) is 93.1 Å². The fourth-order valence-corrected chi connectivity index (χ4v) is 4.61. The van der Waals surface area contributed by atoms with Crippen LogP contribution in [-0.4, -0.2) is 56.7 Å². The number of ether oxygens (including phenoxy) is 2. The van der Waals surface area contributed by atoms with Crippen LogP contribution >= 0.6 is 0 Å². The van der Waals surface area contributed by atoms with Gasteiger partial charge in [0, 0.05) is 26.1 Å². The van der Waals surface area contributed by atoms with Gasteiger partial charge in [-0.25, -0.2) is 13.2 Å². The number of sulfonamides is 1. The summed E-state index contributed by atoms with van der Waals surface area (Å²) in [5.41, 5.74) is 2.01. The summed E-state index contributed by atoms with van der Waals surface area (Å²) in [6.45, 7) is 1.38. The third-order valence-corrected chi connectivity index (χ3v) is 6.22. The SMILES string of the molecule is COC(C(=O)O)C1CN(S(=O)(=O)c2ccc3c(c2)COCC3)C1. The molecule has 1 aromatic rings. The molecule has 1 aromatic carbocycles. The van der Waals surface area contributed by atoms with Gasteiger partial charge in [-0.1, -0.05) is 6.07 Å². The number of carboxylic acids is 1. The van der Waals surface area contributed by atoms with E-state index in [2.05, 4.69) is 0 Å². The molecule has 1 saturated heterocycles. The third kappa shape index (κ3) is 2.99. The molecular weight excluding hydrogens is 322 g/mol. The molecule has 0 aromatic heterocycles. The highest BCUT2D eigenvalue weighted by atomic mass is 32.2. The van der Waals surface area contributed by atoms with Crippen LogP contribution in [0.5, 0.6) is 0 Å². The van der Waals surface area contributed by atoms with E-state index in [-0.39, 0.29) is 23.9 Å². The van der Waals surface area contributed by atoms with Crippen molar-refractivity contribution >= 4 is 16.0 Å². The summed E-state index contributed by atoms with van der Waals surface area (Å²) < 4.78 is 36.8. The van der Waals surface area contributed by atoms with Gasteiger partial charge in [-0.2, -0.15) is 4.31 Å². The third-order valence-electron chi connectivity index (χ3n) is 4.39. The number of nitrogens with zero attached hydrogens (tertiary/aromatic N) is 1. The maximum Gasteiger partial charge on any atom is 0.333 e. The zero-order chi connectivity index (χ0) is 16.6. The molecule has 1 atom stereocenters. The second-order valence-corrected chi connectivity index (χ2v) is 7.75. The fraction of sp³-hybridized carbons (Fsp3) is 0.533. The molecule has 8 heteroatoms. The molecule has 7 nitrogen and oxygen atoms in total. The maximum absolute atomic E-state index is 12.6. The van der Waals surface area contributed by atoms with Crippen molar-refractivity contribution in [2.75, 3.05) is 26.8 Å². The van der Waals surface area contributed by atoms with Gasteiger partial charge in [0.25, 0.3) is 0 Å². The average Bonchev–Trinajstić information content (AvgIpc) is 2.49. The van der Waals surface area contributed by atoms with Crippen LogP contribution in [-0.2, 0) is 37.3 Å². The number of benzene rings is 1. The van der Waals surface area contributed by atoms with Crippen LogP contribution in [0.4, 0.5) is 0 Å². The number of carbonyl (C=O) groups is 1. The molecule has 126 valence electrons. The summed E-state index contributed by atoms with van der Waals surface area (Å²) in [6.07, 6.45) is -0.186. The van der Waals surface area contributed by atoms with Crippen molar-refractivity contribution in [3.05, 3.63) is 29.3 Å². The number of fused-ring (bicyclic) bond motifs is 1. The zero-order valence-electron chi connectivity index (χ0n) is 12.8. The first kappa shape index (κ1) is 16.4. The van der Waals surface area contributed by atoms with E-state index in [1.54, 1.807) is 12.1 Å². The number of rotatable bonds is 5. The van der Waals surface area contributed by atoms with E-state index in [1.165, 1.54) is 11.4 Å². The van der Waals surface area contributed by atoms with E-state index in [4.69, 9.17) is 14.6 Å². The predicted octanol–water partition coefficient (Wildman–Crippen LogP) is 0.479. The van der Waals surface area contributed by atoms with Gasteiger partial charge in [-0.3, -0.25) is 0 Å². The molecule has 1 fully saturated rings. The molecule has 2 aliphatic heterocycles. The Morgan fingerprint density at radius 3 is 2.78 bits per heavy atom. The summed E-state index contributed by atoms with van der Waals surface area (Å²) in [7, 11) is -2.29. The highest BCUT2D eigenvalue weighted by molar-refractivity contribution is 7.89. The minimum atomic E-state index is -3.61. The van der Waals surface area contributed by atoms with E-state index in [1.807, 2.05) is 6.07 Å². The van der Waals surface area contributed by atoms with Gasteiger partial charge in [0.2, 0.25) is 10.0 Å². The second kappa shape index (κ2) is 6.20. The lowest BCUT2D eigenvalue weighted by atomic mass is 9.96. The first-order valence-electron chi connectivity index (χ1n) is 7.39. The number of aliphatic carboxylic acids is 1. The van der Waals surface area contributed by atoms with Gasteiger partial charge < -0.3 is 14.6 Å². The maximum atomic E-state index is 12.6. The minimum Gasteiger partial charge on any atom is -0.479 e. The Morgan fingerprint density at radius 1 is 1.39 bits per heavy atom. The van der Waals surface area contributed by atoms with Crippen LogP contribution in [0.2, 0.25) is 0 Å². The number of methoxy groups -OCH3 is 1.